The van der Waals surface area contributed by atoms with E-state index in [1.165, 1.54) is 12.1 Å². The lowest BCUT2D eigenvalue weighted by molar-refractivity contribution is 0.251. The molecule has 0 aliphatic carbocycles. The maximum Gasteiger partial charge on any atom is 0.319 e. The molecule has 3 rings (SSSR count). The largest absolute Gasteiger partial charge is 0.396 e. The fraction of sp³-hybridized carbons (Fsp3) is 0.182. The lowest BCUT2D eigenvalue weighted by Gasteiger charge is -2.11. The number of aromatic nitrogens is 1. The topological polar surface area (TPSA) is 108 Å². The summed E-state index contributed by atoms with van der Waals surface area (Å²) in [5.41, 5.74) is 2.84. The Bertz CT molecular complexity index is 1080. The molecule has 3 aromatic rings. The molecule has 0 spiro atoms. The highest BCUT2D eigenvalue weighted by atomic mass is 32.2. The van der Waals surface area contributed by atoms with Gasteiger partial charge in [-0.2, -0.15) is 0 Å². The van der Waals surface area contributed by atoms with E-state index in [0.29, 0.717) is 24.2 Å². The van der Waals surface area contributed by atoms with E-state index in [1.807, 2.05) is 18.2 Å². The van der Waals surface area contributed by atoms with E-state index in [-0.39, 0.29) is 17.3 Å². The first-order valence-corrected chi connectivity index (χ1v) is 11.1. The zero-order chi connectivity index (χ0) is 21.4. The van der Waals surface area contributed by atoms with Crippen LogP contribution < -0.4 is 10.6 Å². The number of nitrogens with zero attached hydrogens (tertiary/aromatic N) is 1. The quantitative estimate of drug-likeness (QED) is 0.514. The third-order valence-corrected chi connectivity index (χ3v) is 6.17. The second-order valence-corrected chi connectivity index (χ2v) is 8.68. The zero-order valence-electron chi connectivity index (χ0n) is 16.3. The van der Waals surface area contributed by atoms with Crippen LogP contribution in [0.4, 0.5) is 10.5 Å². The SMILES string of the molecule is O=C(NCc1cccnc1)Nc1ccc(S(=O)(=O)Cc2ccccc2CCO)cc1. The van der Waals surface area contributed by atoms with Crippen molar-refractivity contribution < 1.29 is 18.3 Å². The number of aliphatic hydroxyl groups is 1. The minimum absolute atomic E-state index is 0.0414. The van der Waals surface area contributed by atoms with Crippen molar-refractivity contribution >= 4 is 21.6 Å². The van der Waals surface area contributed by atoms with Crippen LogP contribution in [0.15, 0.2) is 78.0 Å². The van der Waals surface area contributed by atoms with Crippen molar-refractivity contribution in [3.05, 3.63) is 89.7 Å². The number of pyridine rings is 1. The molecular formula is C22H23N3O4S. The van der Waals surface area contributed by atoms with Crippen molar-refractivity contribution in [1.82, 2.24) is 10.3 Å². The summed E-state index contributed by atoms with van der Waals surface area (Å²) in [7, 11) is -3.56. The molecule has 1 heterocycles. The van der Waals surface area contributed by atoms with Gasteiger partial charge >= 0.3 is 6.03 Å². The number of anilines is 1. The Hall–Kier alpha value is -3.23. The highest BCUT2D eigenvalue weighted by Crippen LogP contribution is 2.21. The van der Waals surface area contributed by atoms with E-state index < -0.39 is 15.9 Å². The maximum absolute atomic E-state index is 12.8. The summed E-state index contributed by atoms with van der Waals surface area (Å²) >= 11 is 0. The Balaban J connectivity index is 1.62. The van der Waals surface area contributed by atoms with E-state index in [9.17, 15) is 18.3 Å². The number of nitrogens with one attached hydrogen (secondary N) is 2. The minimum Gasteiger partial charge on any atom is -0.396 e. The molecule has 30 heavy (non-hydrogen) atoms. The lowest BCUT2D eigenvalue weighted by Crippen LogP contribution is -2.28. The molecule has 3 N–H and O–H groups in total. The van der Waals surface area contributed by atoms with Crippen molar-refractivity contribution in [3.63, 3.8) is 0 Å². The molecule has 0 saturated carbocycles. The molecule has 0 atom stereocenters. The zero-order valence-corrected chi connectivity index (χ0v) is 17.1. The molecule has 2 amide bonds. The summed E-state index contributed by atoms with van der Waals surface area (Å²) in [6.07, 6.45) is 3.73. The number of rotatable bonds is 8. The molecule has 0 aliphatic heterocycles. The van der Waals surface area contributed by atoms with Gasteiger partial charge < -0.3 is 15.7 Å². The van der Waals surface area contributed by atoms with E-state index >= 15 is 0 Å². The van der Waals surface area contributed by atoms with E-state index in [4.69, 9.17) is 0 Å². The number of hydrogen-bond acceptors (Lipinski definition) is 5. The third kappa shape index (κ3) is 5.88. The fourth-order valence-corrected chi connectivity index (χ4v) is 4.37. The number of hydrogen-bond donors (Lipinski definition) is 3. The fourth-order valence-electron chi connectivity index (χ4n) is 2.96. The molecule has 0 fully saturated rings. The van der Waals surface area contributed by atoms with Gasteiger partial charge in [-0.25, -0.2) is 13.2 Å². The van der Waals surface area contributed by atoms with Crippen LogP contribution >= 0.6 is 0 Å². The van der Waals surface area contributed by atoms with Crippen LogP contribution in [0.1, 0.15) is 16.7 Å². The monoisotopic (exact) mass is 425 g/mol. The number of carbonyl (C=O) groups excluding carboxylic acids is 1. The van der Waals surface area contributed by atoms with E-state index in [0.717, 1.165) is 11.1 Å². The summed E-state index contributed by atoms with van der Waals surface area (Å²) in [6.45, 7) is 0.291. The van der Waals surface area contributed by atoms with Crippen molar-refractivity contribution in [2.75, 3.05) is 11.9 Å². The van der Waals surface area contributed by atoms with Gasteiger partial charge in [-0.3, -0.25) is 4.98 Å². The van der Waals surface area contributed by atoms with Gasteiger partial charge in [0.1, 0.15) is 0 Å². The van der Waals surface area contributed by atoms with Gasteiger partial charge in [-0.1, -0.05) is 30.3 Å². The van der Waals surface area contributed by atoms with E-state index in [1.54, 1.807) is 42.7 Å². The van der Waals surface area contributed by atoms with Gasteiger partial charge in [0.15, 0.2) is 9.84 Å². The molecule has 0 bridgehead atoms. The number of aliphatic hydroxyl groups excluding tert-OH is 1. The maximum atomic E-state index is 12.8. The van der Waals surface area contributed by atoms with E-state index in [2.05, 4.69) is 15.6 Å². The molecule has 156 valence electrons. The number of urea groups is 1. The van der Waals surface area contributed by atoms with Crippen LogP contribution in [0.2, 0.25) is 0 Å². The predicted octanol–water partition coefficient (Wildman–Crippen LogP) is 2.91. The first-order chi connectivity index (χ1) is 14.5. The Labute approximate surface area is 175 Å². The summed E-state index contributed by atoms with van der Waals surface area (Å²) < 4.78 is 25.6. The van der Waals surface area contributed by atoms with Gasteiger partial charge in [-0.15, -0.1) is 0 Å². The van der Waals surface area contributed by atoms with Crippen molar-refractivity contribution in [1.29, 1.82) is 0 Å². The van der Waals surface area contributed by atoms with Gasteiger partial charge in [0.25, 0.3) is 0 Å². The number of amides is 2. The second kappa shape index (κ2) is 10.00. The van der Waals surface area contributed by atoms with Crippen LogP contribution in [-0.2, 0) is 28.6 Å². The standard InChI is InChI=1S/C22H23N3O4S/c26-13-11-18-5-1-2-6-19(18)16-30(28,29)21-9-7-20(8-10-21)25-22(27)24-15-17-4-3-12-23-14-17/h1-10,12,14,26H,11,13,15-16H2,(H2,24,25,27). The molecule has 8 heteroatoms. The average molecular weight is 426 g/mol. The Morgan fingerprint density at radius 3 is 2.37 bits per heavy atom. The highest BCUT2D eigenvalue weighted by Gasteiger charge is 2.17. The minimum atomic E-state index is -3.56. The van der Waals surface area contributed by atoms with Crippen molar-refractivity contribution in [3.8, 4) is 0 Å². The van der Waals surface area contributed by atoms with Gasteiger partial charge in [0, 0.05) is 31.2 Å². The summed E-state index contributed by atoms with van der Waals surface area (Å²) in [4.78, 5) is 16.2. The van der Waals surface area contributed by atoms with Crippen molar-refractivity contribution in [2.24, 2.45) is 0 Å². The molecule has 0 aliphatic rings. The van der Waals surface area contributed by atoms with Crippen LogP contribution in [0.3, 0.4) is 0 Å². The smallest absolute Gasteiger partial charge is 0.319 e. The van der Waals surface area contributed by atoms with Gasteiger partial charge in [0.05, 0.1) is 10.6 Å². The summed E-state index contributed by atoms with van der Waals surface area (Å²) in [5, 5.41) is 14.6. The summed E-state index contributed by atoms with van der Waals surface area (Å²) in [6, 6.07) is 16.5. The second-order valence-electron chi connectivity index (χ2n) is 6.69. The van der Waals surface area contributed by atoms with Crippen LogP contribution in [0.25, 0.3) is 0 Å². The molecule has 2 aromatic carbocycles. The van der Waals surface area contributed by atoms with Crippen molar-refractivity contribution in [2.45, 2.75) is 23.6 Å². The third-order valence-electron chi connectivity index (χ3n) is 4.49. The molecule has 1 aromatic heterocycles. The average Bonchev–Trinajstić information content (AvgIpc) is 2.75. The predicted molar refractivity (Wildman–Crippen MR) is 115 cm³/mol. The normalized spacial score (nSPS) is 11.1. The Kier molecular flexibility index (Phi) is 7.16. The van der Waals surface area contributed by atoms with Crippen LogP contribution in [0, 0.1) is 0 Å². The molecule has 0 radical (unpaired) electrons. The van der Waals surface area contributed by atoms with Gasteiger partial charge in [-0.05, 0) is 53.4 Å². The van der Waals surface area contributed by atoms with Crippen LogP contribution in [-0.4, -0.2) is 31.1 Å². The number of carbonyl (C=O) groups is 1. The van der Waals surface area contributed by atoms with Gasteiger partial charge in [0.2, 0.25) is 0 Å². The molecule has 7 nitrogen and oxygen atoms in total. The molecule has 0 unspecified atom stereocenters. The first kappa shape index (κ1) is 21.5. The highest BCUT2D eigenvalue weighted by molar-refractivity contribution is 7.90. The number of sulfone groups is 1. The lowest BCUT2D eigenvalue weighted by atomic mass is 10.1. The summed E-state index contributed by atoms with van der Waals surface area (Å²) in [5.74, 6) is -0.151. The number of benzene rings is 2. The Morgan fingerprint density at radius 2 is 1.70 bits per heavy atom. The Morgan fingerprint density at radius 1 is 0.967 bits per heavy atom. The first-order valence-electron chi connectivity index (χ1n) is 9.42. The molecule has 0 saturated heterocycles. The molecular weight excluding hydrogens is 402 g/mol. The van der Waals surface area contributed by atoms with Crippen LogP contribution in [0.5, 0.6) is 0 Å².